The molecule has 2 N–H and O–H groups in total. The number of ether oxygens (including phenoxy) is 1. The topological polar surface area (TPSA) is 52.1 Å². The van der Waals surface area contributed by atoms with E-state index in [2.05, 4.69) is 38.5 Å². The number of nitrogens with zero attached hydrogens (tertiary/aromatic N) is 3. The van der Waals surface area contributed by atoms with Gasteiger partial charge < -0.3 is 25.2 Å². The van der Waals surface area contributed by atoms with Crippen LogP contribution in [0.25, 0.3) is 0 Å². The van der Waals surface area contributed by atoms with Crippen molar-refractivity contribution in [2.75, 3.05) is 60.5 Å². The van der Waals surface area contributed by atoms with Crippen LogP contribution in [0.4, 0.5) is 0 Å². The number of hydrogen-bond donors (Lipinski definition) is 2. The number of para-hydroxylation sites is 1. The molecule has 2 rings (SSSR count). The summed E-state index contributed by atoms with van der Waals surface area (Å²) in [4.78, 5) is 9.25. The lowest BCUT2D eigenvalue weighted by atomic mass is 10.2. The van der Waals surface area contributed by atoms with Gasteiger partial charge in [-0.3, -0.25) is 4.99 Å². The molecule has 1 aromatic rings. The van der Waals surface area contributed by atoms with Crippen LogP contribution >= 0.6 is 24.0 Å². The smallest absolute Gasteiger partial charge is 0.191 e. The van der Waals surface area contributed by atoms with Crippen LogP contribution in [0.5, 0.6) is 5.75 Å². The van der Waals surface area contributed by atoms with E-state index in [-0.39, 0.29) is 24.0 Å². The largest absolute Gasteiger partial charge is 0.496 e. The number of halogens is 1. The van der Waals surface area contributed by atoms with Crippen molar-refractivity contribution in [3.63, 3.8) is 0 Å². The van der Waals surface area contributed by atoms with E-state index in [4.69, 9.17) is 4.74 Å². The third kappa shape index (κ3) is 8.09. The molecule has 1 aromatic carbocycles. The first-order valence-corrected chi connectivity index (χ1v) is 9.20. The SMILES string of the molecule is CN=C(NCCCCN1CCN(C)CC1)NCc1ccccc1OC.I. The minimum atomic E-state index is 0. The van der Waals surface area contributed by atoms with Crippen LogP contribution in [0.2, 0.25) is 0 Å². The lowest BCUT2D eigenvalue weighted by Crippen LogP contribution is -2.44. The number of unbranched alkanes of at least 4 members (excludes halogenated alkanes) is 1. The summed E-state index contributed by atoms with van der Waals surface area (Å²) < 4.78 is 5.38. The standard InChI is InChI=1S/C19H33N5O.HI/c1-20-19(22-16-17-8-4-5-9-18(17)25-3)21-10-6-7-11-24-14-12-23(2)13-15-24;/h4-5,8-9H,6-7,10-16H2,1-3H3,(H2,20,21,22);1H. The normalized spacial score (nSPS) is 16.0. The average molecular weight is 475 g/mol. The molecule has 1 aliphatic heterocycles. The Kier molecular flexibility index (Phi) is 11.6. The van der Waals surface area contributed by atoms with Gasteiger partial charge in [0.1, 0.15) is 5.75 Å². The van der Waals surface area contributed by atoms with Gasteiger partial charge >= 0.3 is 0 Å². The van der Waals surface area contributed by atoms with Gasteiger partial charge in [0.05, 0.1) is 7.11 Å². The molecule has 26 heavy (non-hydrogen) atoms. The van der Waals surface area contributed by atoms with Crippen molar-refractivity contribution in [3.05, 3.63) is 29.8 Å². The molecule has 6 nitrogen and oxygen atoms in total. The van der Waals surface area contributed by atoms with Gasteiger partial charge in [0.25, 0.3) is 0 Å². The second-order valence-corrected chi connectivity index (χ2v) is 6.52. The Hall–Kier alpha value is -1.06. The molecular weight excluding hydrogens is 441 g/mol. The molecule has 0 aromatic heterocycles. The van der Waals surface area contributed by atoms with Crippen molar-refractivity contribution < 1.29 is 4.74 Å². The first-order chi connectivity index (χ1) is 12.2. The van der Waals surface area contributed by atoms with Gasteiger partial charge in [-0.25, -0.2) is 0 Å². The molecule has 0 unspecified atom stereocenters. The van der Waals surface area contributed by atoms with Gasteiger partial charge in [0.15, 0.2) is 5.96 Å². The van der Waals surface area contributed by atoms with Crippen molar-refractivity contribution in [1.29, 1.82) is 0 Å². The van der Waals surface area contributed by atoms with Crippen LogP contribution in [0, 0.1) is 0 Å². The predicted octanol–water partition coefficient (Wildman–Crippen LogP) is 2.01. The minimum absolute atomic E-state index is 0. The third-order valence-electron chi connectivity index (χ3n) is 4.65. The van der Waals surface area contributed by atoms with Crippen LogP contribution in [-0.2, 0) is 6.54 Å². The highest BCUT2D eigenvalue weighted by molar-refractivity contribution is 14.0. The van der Waals surface area contributed by atoms with Crippen molar-refractivity contribution in [2.45, 2.75) is 19.4 Å². The molecule has 0 atom stereocenters. The summed E-state index contributed by atoms with van der Waals surface area (Å²) in [7, 11) is 5.71. The fourth-order valence-electron chi connectivity index (χ4n) is 2.99. The van der Waals surface area contributed by atoms with Crippen molar-refractivity contribution in [2.24, 2.45) is 4.99 Å². The lowest BCUT2D eigenvalue weighted by molar-refractivity contribution is 0.152. The van der Waals surface area contributed by atoms with Crippen LogP contribution < -0.4 is 15.4 Å². The number of rotatable bonds is 8. The van der Waals surface area contributed by atoms with E-state index >= 15 is 0 Å². The molecule has 1 aliphatic rings. The summed E-state index contributed by atoms with van der Waals surface area (Å²) in [6.45, 7) is 7.63. The summed E-state index contributed by atoms with van der Waals surface area (Å²) >= 11 is 0. The molecule has 148 valence electrons. The number of nitrogens with one attached hydrogen (secondary N) is 2. The maximum Gasteiger partial charge on any atom is 0.191 e. The van der Waals surface area contributed by atoms with E-state index in [9.17, 15) is 0 Å². The Morgan fingerprint density at radius 1 is 1.12 bits per heavy atom. The second kappa shape index (κ2) is 13.2. The van der Waals surface area contributed by atoms with Gasteiger partial charge in [-0.15, -0.1) is 24.0 Å². The molecule has 7 heteroatoms. The summed E-state index contributed by atoms with van der Waals surface area (Å²) in [5.74, 6) is 1.74. The average Bonchev–Trinajstić information content (AvgIpc) is 2.65. The Morgan fingerprint density at radius 3 is 2.54 bits per heavy atom. The van der Waals surface area contributed by atoms with Crippen molar-refractivity contribution >= 4 is 29.9 Å². The van der Waals surface area contributed by atoms with E-state index in [1.165, 1.54) is 39.1 Å². The highest BCUT2D eigenvalue weighted by Crippen LogP contribution is 2.16. The zero-order valence-corrected chi connectivity index (χ0v) is 18.7. The van der Waals surface area contributed by atoms with Crippen molar-refractivity contribution in [1.82, 2.24) is 20.4 Å². The number of benzene rings is 1. The maximum absolute atomic E-state index is 5.38. The summed E-state index contributed by atoms with van der Waals surface area (Å²) in [5.41, 5.74) is 1.13. The van der Waals surface area contributed by atoms with Crippen molar-refractivity contribution in [3.8, 4) is 5.75 Å². The van der Waals surface area contributed by atoms with E-state index in [0.29, 0.717) is 6.54 Å². The summed E-state index contributed by atoms with van der Waals surface area (Å²) in [6, 6.07) is 8.05. The molecule has 1 heterocycles. The highest BCUT2D eigenvalue weighted by Gasteiger charge is 2.12. The van der Waals surface area contributed by atoms with Crippen LogP contribution in [-0.4, -0.2) is 76.2 Å². The van der Waals surface area contributed by atoms with E-state index in [0.717, 1.165) is 30.2 Å². The Morgan fingerprint density at radius 2 is 1.85 bits per heavy atom. The molecule has 0 aliphatic carbocycles. The second-order valence-electron chi connectivity index (χ2n) is 6.52. The van der Waals surface area contributed by atoms with E-state index in [1.54, 1.807) is 7.11 Å². The monoisotopic (exact) mass is 475 g/mol. The first kappa shape index (κ1) is 23.0. The fraction of sp³-hybridized carbons (Fsp3) is 0.632. The Balaban J connectivity index is 0.00000338. The number of hydrogen-bond acceptors (Lipinski definition) is 4. The number of likely N-dealkylation sites (N-methyl/N-ethyl adjacent to an activating group) is 1. The predicted molar refractivity (Wildman–Crippen MR) is 120 cm³/mol. The Bertz CT molecular complexity index is 532. The first-order valence-electron chi connectivity index (χ1n) is 9.20. The van der Waals surface area contributed by atoms with Crippen LogP contribution in [0.3, 0.4) is 0 Å². The van der Waals surface area contributed by atoms with E-state index < -0.39 is 0 Å². The van der Waals surface area contributed by atoms with Crippen LogP contribution in [0.15, 0.2) is 29.3 Å². The molecular formula is C19H34IN5O. The quantitative estimate of drug-likeness (QED) is 0.261. The zero-order valence-electron chi connectivity index (χ0n) is 16.3. The van der Waals surface area contributed by atoms with Gasteiger partial charge in [-0.2, -0.15) is 0 Å². The van der Waals surface area contributed by atoms with Gasteiger partial charge in [0.2, 0.25) is 0 Å². The van der Waals surface area contributed by atoms with Gasteiger partial charge in [0, 0.05) is 51.9 Å². The summed E-state index contributed by atoms with van der Waals surface area (Å²) in [5, 5.41) is 6.74. The fourth-order valence-corrected chi connectivity index (χ4v) is 2.99. The molecule has 0 spiro atoms. The Labute approximate surface area is 175 Å². The molecule has 0 saturated carbocycles. The highest BCUT2D eigenvalue weighted by atomic mass is 127. The molecule has 0 bridgehead atoms. The minimum Gasteiger partial charge on any atom is -0.496 e. The third-order valence-corrected chi connectivity index (χ3v) is 4.65. The van der Waals surface area contributed by atoms with E-state index in [1.807, 2.05) is 25.2 Å². The zero-order chi connectivity index (χ0) is 17.9. The molecule has 1 saturated heterocycles. The number of aliphatic imine (C=N–C) groups is 1. The number of methoxy groups -OCH3 is 1. The van der Waals surface area contributed by atoms with Crippen LogP contribution in [0.1, 0.15) is 18.4 Å². The maximum atomic E-state index is 5.38. The molecule has 1 fully saturated rings. The lowest BCUT2D eigenvalue weighted by Gasteiger charge is -2.32. The number of piperazine rings is 1. The molecule has 0 amide bonds. The summed E-state index contributed by atoms with van der Waals surface area (Å²) in [6.07, 6.45) is 2.38. The van der Waals surface area contributed by atoms with Gasteiger partial charge in [-0.1, -0.05) is 18.2 Å². The number of guanidine groups is 1. The molecule has 0 radical (unpaired) electrons. The van der Waals surface area contributed by atoms with Gasteiger partial charge in [-0.05, 0) is 32.5 Å².